The van der Waals surface area contributed by atoms with E-state index in [1.807, 2.05) is 53.4 Å². The van der Waals surface area contributed by atoms with Gasteiger partial charge >= 0.3 is 0 Å². The van der Waals surface area contributed by atoms with Gasteiger partial charge in [0.2, 0.25) is 12.1 Å². The van der Waals surface area contributed by atoms with E-state index in [1.165, 1.54) is 12.1 Å². The molecule has 2 aliphatic heterocycles. The average molecular weight is 501 g/mol. The molecule has 1 saturated heterocycles. The molecule has 3 aromatic rings. The smallest absolute Gasteiger partial charge is 0.291 e. The number of carbonyl (C=O) groups excluding carboxylic acids is 1. The third-order valence-corrected chi connectivity index (χ3v) is 6.00. The van der Waals surface area contributed by atoms with E-state index < -0.39 is 29.8 Å². The summed E-state index contributed by atoms with van der Waals surface area (Å²) in [6.07, 6.45) is -1.27. The van der Waals surface area contributed by atoms with Crippen LogP contribution in [0.2, 0.25) is 0 Å². The maximum absolute atomic E-state index is 14.8. The molecule has 188 valence electrons. The highest BCUT2D eigenvalue weighted by Crippen LogP contribution is 2.25. The molecule has 4 N–H and O–H groups in total. The summed E-state index contributed by atoms with van der Waals surface area (Å²) in [4.78, 5) is 23.6. The van der Waals surface area contributed by atoms with E-state index in [9.17, 15) is 9.18 Å². The summed E-state index contributed by atoms with van der Waals surface area (Å²) >= 11 is 0. The Balaban J connectivity index is 1.38. The number of nitrogens with zero attached hydrogens (tertiary/aromatic N) is 3. The van der Waals surface area contributed by atoms with Crippen LogP contribution in [-0.2, 0) is 14.3 Å². The fourth-order valence-corrected chi connectivity index (χ4v) is 4.17. The van der Waals surface area contributed by atoms with Gasteiger partial charge in [0.05, 0.1) is 30.2 Å². The van der Waals surface area contributed by atoms with Gasteiger partial charge in [-0.2, -0.15) is 4.99 Å². The van der Waals surface area contributed by atoms with Gasteiger partial charge < -0.3 is 25.4 Å². The highest BCUT2D eigenvalue weighted by molar-refractivity contribution is 6.19. The van der Waals surface area contributed by atoms with Crippen LogP contribution in [-0.4, -0.2) is 56.0 Å². The van der Waals surface area contributed by atoms with Crippen molar-refractivity contribution in [1.29, 1.82) is 5.41 Å². The number of nitrogens with one attached hydrogen (secondary N) is 2. The molecule has 0 spiro atoms. The zero-order valence-electron chi connectivity index (χ0n) is 19.9. The van der Waals surface area contributed by atoms with Crippen LogP contribution in [0.15, 0.2) is 82.8 Å². The number of halogens is 1. The Kier molecular flexibility index (Phi) is 6.91. The van der Waals surface area contributed by atoms with Gasteiger partial charge in [0.1, 0.15) is 5.82 Å². The molecule has 2 aliphatic rings. The molecule has 5 rings (SSSR count). The van der Waals surface area contributed by atoms with Crippen molar-refractivity contribution in [2.75, 3.05) is 36.5 Å². The Morgan fingerprint density at radius 2 is 1.84 bits per heavy atom. The van der Waals surface area contributed by atoms with Gasteiger partial charge in [-0.1, -0.05) is 48.5 Å². The zero-order valence-corrected chi connectivity index (χ0v) is 19.9. The van der Waals surface area contributed by atoms with E-state index in [0.29, 0.717) is 43.4 Å². The average Bonchev–Trinajstić information content (AvgIpc) is 3.05. The number of morpholine rings is 1. The lowest BCUT2D eigenvalue weighted by atomic mass is 10.0. The van der Waals surface area contributed by atoms with E-state index in [0.717, 1.165) is 11.1 Å². The number of para-hydroxylation sites is 1. The van der Waals surface area contributed by atoms with Crippen molar-refractivity contribution >= 4 is 34.9 Å². The van der Waals surface area contributed by atoms with E-state index in [-0.39, 0.29) is 5.56 Å². The van der Waals surface area contributed by atoms with Gasteiger partial charge in [-0.15, -0.1) is 0 Å². The van der Waals surface area contributed by atoms with Gasteiger partial charge in [-0.3, -0.25) is 10.2 Å². The van der Waals surface area contributed by atoms with Crippen molar-refractivity contribution < 1.29 is 18.7 Å². The van der Waals surface area contributed by atoms with Crippen LogP contribution in [0.4, 0.5) is 15.8 Å². The quantitative estimate of drug-likeness (QED) is 0.375. The van der Waals surface area contributed by atoms with Gasteiger partial charge in [0.25, 0.3) is 11.9 Å². The summed E-state index contributed by atoms with van der Waals surface area (Å²) in [5.41, 5.74) is 9.21. The first-order valence-electron chi connectivity index (χ1n) is 11.8. The number of amidine groups is 1. The number of hydrogen-bond donors (Lipinski definition) is 3. The number of nitrogens with two attached hydrogens (primary N) is 1. The number of benzene rings is 3. The minimum Gasteiger partial charge on any atom is -0.407 e. The monoisotopic (exact) mass is 500 g/mol. The molecule has 0 unspecified atom stereocenters. The number of rotatable bonds is 4. The molecule has 0 aromatic heterocycles. The van der Waals surface area contributed by atoms with E-state index in [1.54, 1.807) is 12.1 Å². The van der Waals surface area contributed by atoms with E-state index in [2.05, 4.69) is 15.3 Å². The summed E-state index contributed by atoms with van der Waals surface area (Å²) in [7, 11) is 0. The second kappa shape index (κ2) is 10.6. The Bertz CT molecular complexity index is 1390. The van der Waals surface area contributed by atoms with Crippen LogP contribution < -0.4 is 16.0 Å². The number of amides is 1. The number of ether oxygens (including phenoxy) is 2. The molecule has 2 heterocycles. The fraction of sp³-hybridized carbons (Fsp3) is 0.185. The number of aliphatic imine (C=N–C) groups is 2. The maximum Gasteiger partial charge on any atom is 0.291 e. The standard InChI is InChI=1S/C27H25FN6O3/c28-21-16-18(34-12-14-36-15-13-34)10-11-19(21)24(29)37-27(30)33-25-26(35)31-22-9-5-4-8-20(22)23(32-25)17-6-2-1-3-7-17/h1-11,16,25,29H,12-15H2,(H2,30,33)(H,31,35)/t25-/m1/s1. The van der Waals surface area contributed by atoms with Crippen molar-refractivity contribution in [2.24, 2.45) is 15.7 Å². The minimum atomic E-state index is -1.27. The second-order valence-electron chi connectivity index (χ2n) is 8.41. The SMILES string of the molecule is N=C(OC(N)=N[C@H]1N=C(c2ccccc2)c2ccccc2NC1=O)c1ccc(N2CCOCC2)cc1F. The van der Waals surface area contributed by atoms with Crippen molar-refractivity contribution in [1.82, 2.24) is 0 Å². The molecular formula is C27H25FN6O3. The molecule has 1 atom stereocenters. The van der Waals surface area contributed by atoms with Gasteiger partial charge in [0.15, 0.2) is 0 Å². The van der Waals surface area contributed by atoms with Crippen LogP contribution in [0.5, 0.6) is 0 Å². The molecule has 10 heteroatoms. The summed E-state index contributed by atoms with van der Waals surface area (Å²) in [6, 6.07) is 20.7. The normalized spacial score (nSPS) is 17.8. The molecule has 3 aromatic carbocycles. The number of fused-ring (bicyclic) bond motifs is 1. The Hall–Kier alpha value is -4.57. The predicted molar refractivity (Wildman–Crippen MR) is 140 cm³/mol. The highest BCUT2D eigenvalue weighted by Gasteiger charge is 2.26. The Morgan fingerprint density at radius 3 is 2.59 bits per heavy atom. The lowest BCUT2D eigenvalue weighted by Crippen LogP contribution is -2.36. The predicted octanol–water partition coefficient (Wildman–Crippen LogP) is 3.13. The third kappa shape index (κ3) is 5.34. The zero-order chi connectivity index (χ0) is 25.8. The number of anilines is 2. The highest BCUT2D eigenvalue weighted by atomic mass is 19.1. The molecule has 0 aliphatic carbocycles. The number of hydrogen-bond acceptors (Lipinski definition) is 7. The Labute approximate surface area is 212 Å². The largest absolute Gasteiger partial charge is 0.407 e. The Morgan fingerprint density at radius 1 is 1.11 bits per heavy atom. The van der Waals surface area contributed by atoms with E-state index >= 15 is 0 Å². The molecule has 37 heavy (non-hydrogen) atoms. The van der Waals surface area contributed by atoms with Gasteiger partial charge in [-0.05, 0) is 24.3 Å². The molecule has 0 radical (unpaired) electrons. The third-order valence-electron chi connectivity index (χ3n) is 6.00. The molecule has 0 saturated carbocycles. The topological polar surface area (TPSA) is 125 Å². The van der Waals surface area contributed by atoms with Crippen LogP contribution >= 0.6 is 0 Å². The van der Waals surface area contributed by atoms with Crippen LogP contribution in [0, 0.1) is 11.2 Å². The first-order valence-corrected chi connectivity index (χ1v) is 11.8. The lowest BCUT2D eigenvalue weighted by Gasteiger charge is -2.29. The lowest BCUT2D eigenvalue weighted by molar-refractivity contribution is -0.117. The van der Waals surface area contributed by atoms with E-state index in [4.69, 9.17) is 20.6 Å². The number of benzodiazepines with no additional fused rings is 1. The summed E-state index contributed by atoms with van der Waals surface area (Å²) in [5.74, 6) is -1.68. The van der Waals surface area contributed by atoms with Gasteiger partial charge in [-0.25, -0.2) is 9.38 Å². The van der Waals surface area contributed by atoms with Gasteiger partial charge in [0, 0.05) is 29.9 Å². The molecule has 1 amide bonds. The van der Waals surface area contributed by atoms with Crippen LogP contribution in [0.1, 0.15) is 16.7 Å². The second-order valence-corrected chi connectivity index (χ2v) is 8.41. The minimum absolute atomic E-state index is 0.0821. The van der Waals surface area contributed by atoms with Crippen LogP contribution in [0.3, 0.4) is 0 Å². The maximum atomic E-state index is 14.8. The molecular weight excluding hydrogens is 475 g/mol. The van der Waals surface area contributed by atoms with Crippen molar-refractivity contribution in [3.05, 3.63) is 95.3 Å². The van der Waals surface area contributed by atoms with Crippen molar-refractivity contribution in [3.8, 4) is 0 Å². The fourth-order valence-electron chi connectivity index (χ4n) is 4.17. The first-order chi connectivity index (χ1) is 18.0. The van der Waals surface area contributed by atoms with Crippen molar-refractivity contribution in [2.45, 2.75) is 6.17 Å². The van der Waals surface area contributed by atoms with Crippen LogP contribution in [0.25, 0.3) is 0 Å². The molecule has 9 nitrogen and oxygen atoms in total. The summed E-state index contributed by atoms with van der Waals surface area (Å²) in [5, 5.41) is 11.0. The van der Waals surface area contributed by atoms with Crippen molar-refractivity contribution in [3.63, 3.8) is 0 Å². The number of carbonyl (C=O) groups is 1. The molecule has 1 fully saturated rings. The molecule has 0 bridgehead atoms. The first kappa shape index (κ1) is 24.1. The summed E-state index contributed by atoms with van der Waals surface area (Å²) in [6.45, 7) is 2.46. The summed E-state index contributed by atoms with van der Waals surface area (Å²) < 4.78 is 25.5.